The van der Waals surface area contributed by atoms with Gasteiger partial charge in [-0.2, -0.15) is 5.10 Å². The fraction of sp³-hybridized carbons (Fsp3) is 0.429. The van der Waals surface area contributed by atoms with Gasteiger partial charge in [0.25, 0.3) is 0 Å². The van der Waals surface area contributed by atoms with Crippen LogP contribution in [0.15, 0.2) is 30.9 Å². The van der Waals surface area contributed by atoms with E-state index in [1.165, 1.54) is 35.5 Å². The highest BCUT2D eigenvalue weighted by molar-refractivity contribution is 5.30. The Hall–Kier alpha value is -1.82. The Labute approximate surface area is 115 Å². The van der Waals surface area contributed by atoms with Crippen LogP contribution in [0.2, 0.25) is 0 Å². The van der Waals surface area contributed by atoms with E-state index in [1.807, 2.05) is 13.8 Å². The highest BCUT2D eigenvalue weighted by Crippen LogP contribution is 2.49. The lowest BCUT2D eigenvalue weighted by atomic mass is 9.73. The highest BCUT2D eigenvalue weighted by Gasteiger charge is 2.55. The maximum absolute atomic E-state index is 14.1. The number of halogens is 2. The van der Waals surface area contributed by atoms with Gasteiger partial charge < -0.3 is 4.74 Å². The van der Waals surface area contributed by atoms with E-state index in [4.69, 9.17) is 4.74 Å². The number of benzene rings is 1. The molecule has 1 aromatic carbocycles. The van der Waals surface area contributed by atoms with Crippen LogP contribution in [0.25, 0.3) is 0 Å². The van der Waals surface area contributed by atoms with Gasteiger partial charge in [-0.05, 0) is 19.1 Å². The van der Waals surface area contributed by atoms with Crippen LogP contribution < -0.4 is 0 Å². The minimum Gasteiger partial charge on any atom is -0.364 e. The highest BCUT2D eigenvalue weighted by atomic mass is 19.1. The summed E-state index contributed by atoms with van der Waals surface area (Å²) in [7, 11) is 0. The number of hydrogen-bond donors (Lipinski definition) is 0. The van der Waals surface area contributed by atoms with Crippen LogP contribution in [0.4, 0.5) is 8.78 Å². The first kappa shape index (κ1) is 13.2. The average molecular weight is 279 g/mol. The first-order valence-corrected chi connectivity index (χ1v) is 6.49. The molecular formula is C14H15F2N3O. The number of aromatic nitrogens is 3. The predicted molar refractivity (Wildman–Crippen MR) is 67.8 cm³/mol. The van der Waals surface area contributed by atoms with Crippen molar-refractivity contribution < 1.29 is 13.5 Å². The van der Waals surface area contributed by atoms with E-state index in [1.54, 1.807) is 0 Å². The van der Waals surface area contributed by atoms with Crippen LogP contribution in [-0.4, -0.2) is 20.9 Å². The second-order valence-corrected chi connectivity index (χ2v) is 5.19. The molecule has 1 aliphatic rings. The van der Waals surface area contributed by atoms with Gasteiger partial charge in [0.1, 0.15) is 29.9 Å². The fourth-order valence-corrected chi connectivity index (χ4v) is 2.85. The largest absolute Gasteiger partial charge is 0.364 e. The number of nitrogens with zero attached hydrogens (tertiary/aromatic N) is 3. The van der Waals surface area contributed by atoms with Crippen molar-refractivity contribution in [1.82, 2.24) is 14.8 Å². The van der Waals surface area contributed by atoms with Crippen molar-refractivity contribution in [1.29, 1.82) is 0 Å². The summed E-state index contributed by atoms with van der Waals surface area (Å²) in [5, 5.41) is 4.01. The molecule has 0 N–H and O–H groups in total. The molecule has 2 heterocycles. The molecule has 1 fully saturated rings. The summed E-state index contributed by atoms with van der Waals surface area (Å²) in [5.74, 6) is -1.22. The minimum absolute atomic E-state index is 0.0268. The molecule has 0 unspecified atom stereocenters. The Kier molecular flexibility index (Phi) is 3.05. The van der Waals surface area contributed by atoms with Crippen molar-refractivity contribution in [2.75, 3.05) is 0 Å². The molecule has 6 heteroatoms. The average Bonchev–Trinajstić information content (AvgIpc) is 2.91. The van der Waals surface area contributed by atoms with E-state index >= 15 is 0 Å². The second-order valence-electron chi connectivity index (χ2n) is 5.19. The van der Waals surface area contributed by atoms with Crippen LogP contribution in [0.3, 0.4) is 0 Å². The van der Waals surface area contributed by atoms with E-state index in [0.717, 1.165) is 0 Å². The molecule has 0 spiro atoms. The maximum Gasteiger partial charge on any atom is 0.137 e. The van der Waals surface area contributed by atoms with E-state index in [0.29, 0.717) is 0 Å². The van der Waals surface area contributed by atoms with E-state index in [9.17, 15) is 8.78 Å². The van der Waals surface area contributed by atoms with Crippen molar-refractivity contribution in [2.24, 2.45) is 5.92 Å². The molecule has 106 valence electrons. The lowest BCUT2D eigenvalue weighted by molar-refractivity contribution is -0.266. The number of rotatable bonds is 3. The van der Waals surface area contributed by atoms with Gasteiger partial charge in [0, 0.05) is 5.92 Å². The normalized spacial score (nSPS) is 29.2. The lowest BCUT2D eigenvalue weighted by Crippen LogP contribution is -2.58. The van der Waals surface area contributed by atoms with Gasteiger partial charge in [-0.1, -0.05) is 13.0 Å². The molecule has 0 aliphatic carbocycles. The molecule has 4 nitrogen and oxygen atoms in total. The molecule has 1 aromatic heterocycles. The van der Waals surface area contributed by atoms with Gasteiger partial charge in [0.2, 0.25) is 0 Å². The Bertz CT molecular complexity index is 597. The van der Waals surface area contributed by atoms with Crippen molar-refractivity contribution >= 4 is 0 Å². The Balaban J connectivity index is 2.07. The predicted octanol–water partition coefficient (Wildman–Crippen LogP) is 2.51. The third-order valence-electron chi connectivity index (χ3n) is 4.09. The van der Waals surface area contributed by atoms with Gasteiger partial charge in [0.15, 0.2) is 0 Å². The van der Waals surface area contributed by atoms with Crippen molar-refractivity contribution in [3.63, 3.8) is 0 Å². The molecule has 0 bridgehead atoms. The van der Waals surface area contributed by atoms with E-state index in [-0.39, 0.29) is 24.1 Å². The van der Waals surface area contributed by atoms with Gasteiger partial charge >= 0.3 is 0 Å². The molecule has 0 amide bonds. The van der Waals surface area contributed by atoms with Crippen LogP contribution >= 0.6 is 0 Å². The van der Waals surface area contributed by atoms with E-state index in [2.05, 4.69) is 10.1 Å². The minimum atomic E-state index is -1.04. The van der Waals surface area contributed by atoms with Gasteiger partial charge in [-0.25, -0.2) is 18.4 Å². The third kappa shape index (κ3) is 1.83. The molecule has 3 rings (SSSR count). The standard InChI is InChI=1S/C14H15F2N3O/c1-9-10(2)20-14(9,6-19-8-17-7-18-19)13-11(15)4-3-5-12(13)16/h3-5,7-10H,6H2,1-2H3/t9-,10-,14+/m0/s1. The summed E-state index contributed by atoms with van der Waals surface area (Å²) in [6.45, 7) is 4.05. The summed E-state index contributed by atoms with van der Waals surface area (Å²) in [6, 6.07) is 3.85. The van der Waals surface area contributed by atoms with Crippen molar-refractivity contribution in [2.45, 2.75) is 32.1 Å². The van der Waals surface area contributed by atoms with Crippen LogP contribution in [-0.2, 0) is 16.9 Å². The third-order valence-corrected chi connectivity index (χ3v) is 4.09. The molecule has 2 aromatic rings. The zero-order chi connectivity index (χ0) is 14.3. The SMILES string of the molecule is C[C@@H]1O[C@@](Cn2cncn2)(c2c(F)cccc2F)[C@H]1C. The zero-order valence-corrected chi connectivity index (χ0v) is 11.3. The quantitative estimate of drug-likeness (QED) is 0.866. The lowest BCUT2D eigenvalue weighted by Gasteiger charge is -2.52. The monoisotopic (exact) mass is 279 g/mol. The number of hydrogen-bond acceptors (Lipinski definition) is 3. The first-order valence-electron chi connectivity index (χ1n) is 6.49. The smallest absolute Gasteiger partial charge is 0.137 e. The second kappa shape index (κ2) is 4.63. The van der Waals surface area contributed by atoms with Gasteiger partial charge in [0.05, 0.1) is 18.2 Å². The topological polar surface area (TPSA) is 39.9 Å². The van der Waals surface area contributed by atoms with Crippen LogP contribution in [0.1, 0.15) is 19.4 Å². The summed E-state index contributed by atoms with van der Waals surface area (Å²) in [5.41, 5.74) is -1.07. The fourth-order valence-electron chi connectivity index (χ4n) is 2.85. The van der Waals surface area contributed by atoms with Crippen LogP contribution in [0.5, 0.6) is 0 Å². The van der Waals surface area contributed by atoms with Gasteiger partial charge in [-0.15, -0.1) is 0 Å². The first-order chi connectivity index (χ1) is 9.54. The van der Waals surface area contributed by atoms with E-state index < -0.39 is 17.2 Å². The molecule has 0 saturated carbocycles. The van der Waals surface area contributed by atoms with Crippen LogP contribution in [0, 0.1) is 17.6 Å². The molecule has 1 saturated heterocycles. The van der Waals surface area contributed by atoms with Crippen molar-refractivity contribution in [3.8, 4) is 0 Å². The summed E-state index contributed by atoms with van der Waals surface area (Å²) < 4.78 is 35.6. The summed E-state index contributed by atoms with van der Waals surface area (Å²) >= 11 is 0. The molecule has 0 radical (unpaired) electrons. The Morgan fingerprint density at radius 2 is 2.00 bits per heavy atom. The zero-order valence-electron chi connectivity index (χ0n) is 11.3. The summed E-state index contributed by atoms with van der Waals surface area (Å²) in [4.78, 5) is 3.86. The van der Waals surface area contributed by atoms with Crippen molar-refractivity contribution in [3.05, 3.63) is 48.1 Å². The Morgan fingerprint density at radius 1 is 1.30 bits per heavy atom. The molecule has 20 heavy (non-hydrogen) atoms. The Morgan fingerprint density at radius 3 is 2.50 bits per heavy atom. The summed E-state index contributed by atoms with van der Waals surface area (Å²) in [6.07, 6.45) is 2.84. The number of ether oxygens (including phenoxy) is 1. The molecule has 1 aliphatic heterocycles. The molecule has 3 atom stereocenters. The maximum atomic E-state index is 14.1. The van der Waals surface area contributed by atoms with Gasteiger partial charge in [-0.3, -0.25) is 0 Å². The molecular weight excluding hydrogens is 264 g/mol.